The minimum Gasteiger partial charge on any atom is -0.329 e. The molecule has 0 bridgehead atoms. The molecule has 70 valence electrons. The molecular formula is C9H12N2O2. The number of urea groups is 1. The van der Waals surface area contributed by atoms with Crippen LogP contribution in [0.2, 0.25) is 0 Å². The lowest BCUT2D eigenvalue weighted by Crippen LogP contribution is -2.40. The first kappa shape index (κ1) is 9.59. The lowest BCUT2D eigenvalue weighted by atomic mass is 10.1. The van der Waals surface area contributed by atoms with E-state index in [-0.39, 0.29) is 24.5 Å². The average Bonchev–Trinajstić information content (AvgIpc) is 2.43. The van der Waals surface area contributed by atoms with Crippen molar-refractivity contribution in [3.63, 3.8) is 0 Å². The lowest BCUT2D eigenvalue weighted by molar-refractivity contribution is -0.126. The van der Waals surface area contributed by atoms with Gasteiger partial charge in [0.15, 0.2) is 0 Å². The molecule has 1 atom stereocenters. The summed E-state index contributed by atoms with van der Waals surface area (Å²) in [6.45, 7) is 2.00. The summed E-state index contributed by atoms with van der Waals surface area (Å²) in [6.07, 6.45) is 6.27. The number of terminal acetylenes is 1. The zero-order valence-corrected chi connectivity index (χ0v) is 7.54. The van der Waals surface area contributed by atoms with Crippen molar-refractivity contribution in [1.82, 2.24) is 10.2 Å². The number of carbonyl (C=O) groups is 2. The van der Waals surface area contributed by atoms with Crippen LogP contribution in [-0.4, -0.2) is 29.4 Å². The van der Waals surface area contributed by atoms with Crippen LogP contribution in [0.25, 0.3) is 0 Å². The van der Waals surface area contributed by atoms with Crippen LogP contribution in [0.3, 0.4) is 0 Å². The second-order valence-electron chi connectivity index (χ2n) is 2.89. The summed E-state index contributed by atoms with van der Waals surface area (Å²) in [5.74, 6) is 2.27. The summed E-state index contributed by atoms with van der Waals surface area (Å²) in [6, 6.07) is -0.480. The summed E-state index contributed by atoms with van der Waals surface area (Å²) >= 11 is 0. The van der Waals surface area contributed by atoms with Gasteiger partial charge < -0.3 is 5.32 Å². The van der Waals surface area contributed by atoms with Crippen LogP contribution in [0.1, 0.15) is 19.8 Å². The maximum atomic E-state index is 11.2. The molecule has 0 saturated carbocycles. The van der Waals surface area contributed by atoms with Gasteiger partial charge >= 0.3 is 6.03 Å². The largest absolute Gasteiger partial charge is 0.329 e. The molecule has 0 aromatic carbocycles. The van der Waals surface area contributed by atoms with Crippen LogP contribution >= 0.6 is 0 Å². The molecule has 1 fully saturated rings. The van der Waals surface area contributed by atoms with Crippen molar-refractivity contribution in [3.8, 4) is 12.3 Å². The third-order valence-corrected chi connectivity index (χ3v) is 2.07. The summed E-state index contributed by atoms with van der Waals surface area (Å²) in [4.78, 5) is 23.6. The first-order valence-corrected chi connectivity index (χ1v) is 4.24. The van der Waals surface area contributed by atoms with Crippen LogP contribution in [-0.2, 0) is 4.79 Å². The highest BCUT2D eigenvalue weighted by Gasteiger charge is 2.33. The van der Waals surface area contributed by atoms with Crippen molar-refractivity contribution in [2.45, 2.75) is 25.8 Å². The van der Waals surface area contributed by atoms with Crippen LogP contribution in [0.15, 0.2) is 0 Å². The molecule has 3 amide bonds. The Balaban J connectivity index is 2.72. The molecule has 4 nitrogen and oxygen atoms in total. The molecule has 1 aliphatic rings. The summed E-state index contributed by atoms with van der Waals surface area (Å²) in [5.41, 5.74) is 0. The highest BCUT2D eigenvalue weighted by Crippen LogP contribution is 2.11. The number of rotatable bonds is 3. The summed E-state index contributed by atoms with van der Waals surface area (Å²) < 4.78 is 0. The number of hydrogen-bond acceptors (Lipinski definition) is 2. The van der Waals surface area contributed by atoms with E-state index in [0.29, 0.717) is 12.8 Å². The van der Waals surface area contributed by atoms with Crippen LogP contribution in [0.5, 0.6) is 0 Å². The fourth-order valence-corrected chi connectivity index (χ4v) is 1.36. The van der Waals surface area contributed by atoms with Gasteiger partial charge in [0.05, 0.1) is 12.6 Å². The van der Waals surface area contributed by atoms with Crippen molar-refractivity contribution in [2.75, 3.05) is 6.54 Å². The standard InChI is InChI=1S/C9H12N2O2/c1-3-5-7(4-2)11-8(12)6-10-9(11)13/h1,7H,4-6H2,2H3,(H,10,13). The van der Waals surface area contributed by atoms with E-state index in [2.05, 4.69) is 11.2 Å². The SMILES string of the molecule is C#CCC(CC)N1C(=O)CNC1=O. The molecule has 1 N–H and O–H groups in total. The molecule has 0 radical (unpaired) electrons. The Morgan fingerprint density at radius 2 is 2.38 bits per heavy atom. The number of amides is 3. The fourth-order valence-electron chi connectivity index (χ4n) is 1.36. The third kappa shape index (κ3) is 1.81. The topological polar surface area (TPSA) is 49.4 Å². The van der Waals surface area contributed by atoms with Crippen molar-refractivity contribution in [1.29, 1.82) is 0 Å². The zero-order chi connectivity index (χ0) is 9.84. The molecule has 1 aliphatic heterocycles. The lowest BCUT2D eigenvalue weighted by Gasteiger charge is -2.21. The van der Waals surface area contributed by atoms with E-state index in [0.717, 1.165) is 0 Å². The minimum absolute atomic E-state index is 0.0971. The zero-order valence-electron chi connectivity index (χ0n) is 7.54. The van der Waals surface area contributed by atoms with Gasteiger partial charge in [-0.3, -0.25) is 9.69 Å². The van der Waals surface area contributed by atoms with E-state index in [1.807, 2.05) is 6.92 Å². The normalized spacial score (nSPS) is 18.3. The third-order valence-electron chi connectivity index (χ3n) is 2.07. The second-order valence-corrected chi connectivity index (χ2v) is 2.89. The van der Waals surface area contributed by atoms with Gasteiger partial charge in [0.1, 0.15) is 0 Å². The van der Waals surface area contributed by atoms with Crippen LogP contribution in [0.4, 0.5) is 4.79 Å². The van der Waals surface area contributed by atoms with Crippen LogP contribution in [0, 0.1) is 12.3 Å². The van der Waals surface area contributed by atoms with Crippen molar-refractivity contribution < 1.29 is 9.59 Å². The van der Waals surface area contributed by atoms with Gasteiger partial charge in [0.25, 0.3) is 0 Å². The molecule has 0 aromatic rings. The first-order valence-electron chi connectivity index (χ1n) is 4.24. The van der Waals surface area contributed by atoms with Crippen molar-refractivity contribution in [3.05, 3.63) is 0 Å². The molecular weight excluding hydrogens is 168 g/mol. The highest BCUT2D eigenvalue weighted by atomic mass is 16.2. The second kappa shape index (κ2) is 3.94. The maximum Gasteiger partial charge on any atom is 0.324 e. The average molecular weight is 180 g/mol. The van der Waals surface area contributed by atoms with Gasteiger partial charge in [-0.15, -0.1) is 12.3 Å². The Hall–Kier alpha value is -1.50. The van der Waals surface area contributed by atoms with E-state index in [1.165, 1.54) is 4.90 Å². The number of nitrogens with one attached hydrogen (secondary N) is 1. The van der Waals surface area contributed by atoms with E-state index < -0.39 is 0 Å². The molecule has 0 aromatic heterocycles. The van der Waals surface area contributed by atoms with E-state index in [4.69, 9.17) is 6.42 Å². The Bertz CT molecular complexity index is 251. The van der Waals surface area contributed by atoms with Gasteiger partial charge in [-0.2, -0.15) is 0 Å². The van der Waals surface area contributed by atoms with Crippen molar-refractivity contribution in [2.24, 2.45) is 0 Å². The number of imide groups is 1. The quantitative estimate of drug-likeness (QED) is 0.503. The number of hydrogen-bond donors (Lipinski definition) is 1. The summed E-state index contributed by atoms with van der Waals surface area (Å²) in [5, 5.41) is 2.46. The van der Waals surface area contributed by atoms with Gasteiger partial charge in [0, 0.05) is 6.42 Å². The van der Waals surface area contributed by atoms with E-state index >= 15 is 0 Å². The van der Waals surface area contributed by atoms with Gasteiger partial charge in [0.2, 0.25) is 5.91 Å². The Morgan fingerprint density at radius 3 is 2.77 bits per heavy atom. The first-order chi connectivity index (χ1) is 6.20. The molecule has 0 aliphatic carbocycles. The molecule has 1 unspecified atom stereocenters. The van der Waals surface area contributed by atoms with Crippen molar-refractivity contribution >= 4 is 11.9 Å². The van der Waals surface area contributed by atoms with E-state index in [9.17, 15) is 9.59 Å². The van der Waals surface area contributed by atoms with Gasteiger partial charge in [-0.05, 0) is 6.42 Å². The maximum absolute atomic E-state index is 11.2. The summed E-state index contributed by atoms with van der Waals surface area (Å²) in [7, 11) is 0. The van der Waals surface area contributed by atoms with Gasteiger partial charge in [-0.25, -0.2) is 4.79 Å². The Labute approximate surface area is 77.3 Å². The smallest absolute Gasteiger partial charge is 0.324 e. The monoisotopic (exact) mass is 180 g/mol. The molecule has 4 heteroatoms. The Kier molecular flexibility index (Phi) is 2.91. The molecule has 0 spiro atoms. The number of carbonyl (C=O) groups excluding carboxylic acids is 2. The predicted molar refractivity (Wildman–Crippen MR) is 47.8 cm³/mol. The molecule has 1 saturated heterocycles. The minimum atomic E-state index is -0.327. The Morgan fingerprint density at radius 1 is 1.69 bits per heavy atom. The van der Waals surface area contributed by atoms with Crippen LogP contribution < -0.4 is 5.32 Å². The molecule has 1 rings (SSSR count). The highest BCUT2D eigenvalue weighted by molar-refractivity contribution is 6.02. The predicted octanol–water partition coefficient (Wildman–Crippen LogP) is 0.340. The van der Waals surface area contributed by atoms with E-state index in [1.54, 1.807) is 0 Å². The fraction of sp³-hybridized carbons (Fsp3) is 0.556. The van der Waals surface area contributed by atoms with Gasteiger partial charge in [-0.1, -0.05) is 6.92 Å². The molecule has 1 heterocycles. The number of nitrogens with zero attached hydrogens (tertiary/aromatic N) is 1. The molecule has 13 heavy (non-hydrogen) atoms.